The maximum atomic E-state index is 6.27. The van der Waals surface area contributed by atoms with Crippen LogP contribution in [0.15, 0.2) is 41.1 Å². The third kappa shape index (κ3) is 3.99. The topological polar surface area (TPSA) is 84.0 Å². The fourth-order valence-corrected chi connectivity index (χ4v) is 4.45. The normalized spacial score (nSPS) is 24.5. The van der Waals surface area contributed by atoms with Gasteiger partial charge >= 0.3 is 0 Å². The van der Waals surface area contributed by atoms with E-state index in [0.29, 0.717) is 41.1 Å². The van der Waals surface area contributed by atoms with Crippen molar-refractivity contribution in [2.45, 2.75) is 24.4 Å². The molecule has 168 valence electrons. The second-order valence-electron chi connectivity index (χ2n) is 7.52. The van der Waals surface area contributed by atoms with E-state index in [4.69, 9.17) is 35.3 Å². The van der Waals surface area contributed by atoms with Crippen LogP contribution in [-0.2, 0) is 14.2 Å². The van der Waals surface area contributed by atoms with Gasteiger partial charge in [0, 0.05) is 28.7 Å². The number of ether oxygens (including phenoxy) is 5. The Hall–Kier alpha value is -2.17. The lowest BCUT2D eigenvalue weighted by Gasteiger charge is -2.20. The van der Waals surface area contributed by atoms with Crippen LogP contribution in [0, 0.1) is 0 Å². The molecule has 0 bridgehead atoms. The number of aromatic nitrogens is 2. The molecule has 0 amide bonds. The van der Waals surface area contributed by atoms with Crippen molar-refractivity contribution in [1.29, 1.82) is 0 Å². The number of nitrogens with one attached hydrogen (secondary N) is 1. The smallest absolute Gasteiger partial charge is 0.164 e. The van der Waals surface area contributed by atoms with Crippen LogP contribution >= 0.6 is 27.5 Å². The van der Waals surface area contributed by atoms with Crippen molar-refractivity contribution in [2.24, 2.45) is 0 Å². The molecule has 1 aromatic heterocycles. The lowest BCUT2D eigenvalue weighted by molar-refractivity contribution is -0.0140. The zero-order valence-corrected chi connectivity index (χ0v) is 19.7. The van der Waals surface area contributed by atoms with E-state index < -0.39 is 0 Å². The molecule has 0 spiro atoms. The summed E-state index contributed by atoms with van der Waals surface area (Å²) in [5, 5.41) is 4.68. The van der Waals surface area contributed by atoms with Gasteiger partial charge in [-0.05, 0) is 40.2 Å². The highest BCUT2D eigenvalue weighted by molar-refractivity contribution is 9.10. The number of halogens is 2. The van der Waals surface area contributed by atoms with Gasteiger partial charge in [0.05, 0.1) is 30.9 Å². The molecule has 1 N–H and O–H groups in total. The fraction of sp³-hybridized carbons (Fsp3) is 0.364. The van der Waals surface area contributed by atoms with Crippen LogP contribution in [0.1, 0.15) is 0 Å². The molecule has 0 aliphatic carbocycles. The first-order valence-corrected chi connectivity index (χ1v) is 11.2. The van der Waals surface area contributed by atoms with Gasteiger partial charge in [-0.15, -0.1) is 0 Å². The molecule has 2 saturated heterocycles. The van der Waals surface area contributed by atoms with Crippen molar-refractivity contribution in [3.8, 4) is 11.5 Å². The van der Waals surface area contributed by atoms with Gasteiger partial charge in [0.25, 0.3) is 0 Å². The molecule has 3 aromatic rings. The van der Waals surface area contributed by atoms with Crippen molar-refractivity contribution in [1.82, 2.24) is 9.97 Å². The first-order valence-electron chi connectivity index (χ1n) is 10.0. The van der Waals surface area contributed by atoms with E-state index in [2.05, 4.69) is 31.2 Å². The SMILES string of the molecule is COc1cc2c(Nc3ccc(Br)c(Cl)c3)ncnc2cc1O[C@H]1CO[C@H]2[C@H]1OC[C@H]2OC. The van der Waals surface area contributed by atoms with E-state index in [9.17, 15) is 0 Å². The van der Waals surface area contributed by atoms with Crippen LogP contribution in [0.2, 0.25) is 5.02 Å². The summed E-state index contributed by atoms with van der Waals surface area (Å²) in [6.07, 6.45) is 0.827. The fourth-order valence-electron chi connectivity index (χ4n) is 4.02. The molecule has 2 fully saturated rings. The molecule has 8 nitrogen and oxygen atoms in total. The van der Waals surface area contributed by atoms with Gasteiger partial charge in [-0.25, -0.2) is 9.97 Å². The summed E-state index contributed by atoms with van der Waals surface area (Å²) in [5.74, 6) is 1.76. The van der Waals surface area contributed by atoms with Crippen LogP contribution < -0.4 is 14.8 Å². The third-order valence-electron chi connectivity index (χ3n) is 5.65. The molecular formula is C22H21BrClN3O5. The predicted molar refractivity (Wildman–Crippen MR) is 123 cm³/mol. The monoisotopic (exact) mass is 521 g/mol. The number of nitrogens with zero attached hydrogens (tertiary/aromatic N) is 2. The maximum Gasteiger partial charge on any atom is 0.164 e. The Kier molecular flexibility index (Phi) is 6.09. The minimum absolute atomic E-state index is 0.0828. The number of anilines is 2. The van der Waals surface area contributed by atoms with E-state index >= 15 is 0 Å². The van der Waals surface area contributed by atoms with Gasteiger partial charge in [0.15, 0.2) is 17.6 Å². The average molecular weight is 523 g/mol. The van der Waals surface area contributed by atoms with Crippen molar-refractivity contribution < 1.29 is 23.7 Å². The van der Waals surface area contributed by atoms with Crippen molar-refractivity contribution in [3.63, 3.8) is 0 Å². The minimum Gasteiger partial charge on any atom is -0.493 e. The second kappa shape index (κ2) is 8.99. The molecule has 10 heteroatoms. The molecular weight excluding hydrogens is 502 g/mol. The Morgan fingerprint density at radius 3 is 2.56 bits per heavy atom. The predicted octanol–water partition coefficient (Wildman–Crippen LogP) is 4.36. The summed E-state index contributed by atoms with van der Waals surface area (Å²) in [4.78, 5) is 8.81. The molecule has 2 aromatic carbocycles. The summed E-state index contributed by atoms with van der Waals surface area (Å²) in [6.45, 7) is 0.903. The molecule has 0 radical (unpaired) electrons. The molecule has 4 atom stereocenters. The highest BCUT2D eigenvalue weighted by atomic mass is 79.9. The van der Waals surface area contributed by atoms with E-state index in [1.54, 1.807) is 14.2 Å². The van der Waals surface area contributed by atoms with E-state index in [-0.39, 0.29) is 24.4 Å². The Labute approximate surface area is 198 Å². The number of hydrogen-bond acceptors (Lipinski definition) is 8. The van der Waals surface area contributed by atoms with Gasteiger partial charge in [0.1, 0.15) is 30.5 Å². The van der Waals surface area contributed by atoms with Gasteiger partial charge in [-0.2, -0.15) is 0 Å². The summed E-state index contributed by atoms with van der Waals surface area (Å²) >= 11 is 9.62. The zero-order chi connectivity index (χ0) is 22.2. The highest BCUT2D eigenvalue weighted by Gasteiger charge is 2.49. The third-order valence-corrected chi connectivity index (χ3v) is 6.88. The largest absolute Gasteiger partial charge is 0.493 e. The average Bonchev–Trinajstić information content (AvgIpc) is 3.39. The summed E-state index contributed by atoms with van der Waals surface area (Å²) in [6, 6.07) is 9.29. The van der Waals surface area contributed by atoms with E-state index in [1.165, 1.54) is 6.33 Å². The first kappa shape index (κ1) is 21.7. The Bertz CT molecular complexity index is 1150. The van der Waals surface area contributed by atoms with Crippen LogP contribution in [0.3, 0.4) is 0 Å². The quantitative estimate of drug-likeness (QED) is 0.511. The number of benzene rings is 2. The Morgan fingerprint density at radius 2 is 1.81 bits per heavy atom. The van der Waals surface area contributed by atoms with Crippen LogP contribution in [-0.4, -0.2) is 61.8 Å². The van der Waals surface area contributed by atoms with Gasteiger partial charge < -0.3 is 29.0 Å². The standard InChI is InChI=1S/C22H21BrClN3O5/c1-28-16-6-12-15(25-10-26-22(12)27-11-3-4-13(23)14(24)5-11)7-17(16)32-19-9-31-20-18(29-2)8-30-21(19)20/h3-7,10,18-21H,8-9H2,1-2H3,(H,25,26,27)/t18-,19+,20-,21+/m1/s1. The number of rotatable bonds is 6. The molecule has 2 aliphatic rings. The summed E-state index contributed by atoms with van der Waals surface area (Å²) in [7, 11) is 3.26. The lowest BCUT2D eigenvalue weighted by Crippen LogP contribution is -2.35. The maximum absolute atomic E-state index is 6.27. The second-order valence-corrected chi connectivity index (χ2v) is 8.78. The number of methoxy groups -OCH3 is 2. The Morgan fingerprint density at radius 1 is 1.03 bits per heavy atom. The van der Waals surface area contributed by atoms with Crippen molar-refractivity contribution in [3.05, 3.63) is 46.2 Å². The highest BCUT2D eigenvalue weighted by Crippen LogP contribution is 2.38. The van der Waals surface area contributed by atoms with Gasteiger partial charge in [0.2, 0.25) is 0 Å². The lowest BCUT2D eigenvalue weighted by atomic mass is 10.1. The molecule has 0 unspecified atom stereocenters. The Balaban J connectivity index is 1.43. The number of hydrogen-bond donors (Lipinski definition) is 1. The molecule has 3 heterocycles. The number of fused-ring (bicyclic) bond motifs is 2. The van der Waals surface area contributed by atoms with E-state index in [1.807, 2.05) is 30.3 Å². The summed E-state index contributed by atoms with van der Waals surface area (Å²) in [5.41, 5.74) is 1.51. The molecule has 0 saturated carbocycles. The summed E-state index contributed by atoms with van der Waals surface area (Å²) < 4.78 is 29.9. The van der Waals surface area contributed by atoms with Crippen LogP contribution in [0.5, 0.6) is 11.5 Å². The zero-order valence-electron chi connectivity index (χ0n) is 17.4. The van der Waals surface area contributed by atoms with Crippen LogP contribution in [0.4, 0.5) is 11.5 Å². The van der Waals surface area contributed by atoms with Crippen molar-refractivity contribution >= 4 is 49.9 Å². The van der Waals surface area contributed by atoms with Gasteiger partial charge in [-0.1, -0.05) is 11.6 Å². The van der Waals surface area contributed by atoms with Crippen molar-refractivity contribution in [2.75, 3.05) is 32.8 Å². The van der Waals surface area contributed by atoms with Gasteiger partial charge in [-0.3, -0.25) is 0 Å². The first-order chi connectivity index (χ1) is 15.6. The molecule has 2 aliphatic heterocycles. The molecule has 5 rings (SSSR count). The van der Waals surface area contributed by atoms with Crippen LogP contribution in [0.25, 0.3) is 10.9 Å². The molecule has 32 heavy (non-hydrogen) atoms. The van der Waals surface area contributed by atoms with E-state index in [0.717, 1.165) is 15.5 Å². The minimum atomic E-state index is -0.268.